The van der Waals surface area contributed by atoms with E-state index in [4.69, 9.17) is 0 Å². The summed E-state index contributed by atoms with van der Waals surface area (Å²) in [6.07, 6.45) is -5.10. The molecule has 3 aromatic rings. The van der Waals surface area contributed by atoms with Crippen LogP contribution in [0.3, 0.4) is 0 Å². The molecule has 0 spiro atoms. The number of amides is 2. The number of nitro benzene ring substituents is 1. The zero-order valence-corrected chi connectivity index (χ0v) is 17.1. The molecule has 0 fully saturated rings. The van der Waals surface area contributed by atoms with Crippen LogP contribution in [0.25, 0.3) is 0 Å². The monoisotopic (exact) mass is 457 g/mol. The van der Waals surface area contributed by atoms with E-state index in [0.29, 0.717) is 16.9 Å². The van der Waals surface area contributed by atoms with Crippen LogP contribution in [-0.4, -0.2) is 22.9 Å². The summed E-state index contributed by atoms with van der Waals surface area (Å²) in [7, 11) is 0. The summed E-state index contributed by atoms with van der Waals surface area (Å²) in [6.45, 7) is 0. The van der Waals surface area contributed by atoms with Crippen molar-refractivity contribution in [3.63, 3.8) is 0 Å². The zero-order valence-electron chi connectivity index (χ0n) is 17.1. The fourth-order valence-corrected chi connectivity index (χ4v) is 3.14. The predicted molar refractivity (Wildman–Crippen MR) is 116 cm³/mol. The lowest BCUT2D eigenvalue weighted by Gasteiger charge is -2.23. The highest BCUT2D eigenvalue weighted by molar-refractivity contribution is 6.00. The number of halogens is 3. The van der Waals surface area contributed by atoms with Gasteiger partial charge in [-0.05, 0) is 42.3 Å². The highest BCUT2D eigenvalue weighted by Crippen LogP contribution is 2.30. The van der Waals surface area contributed by atoms with Crippen LogP contribution in [0.2, 0.25) is 0 Å². The van der Waals surface area contributed by atoms with Gasteiger partial charge in [-0.1, -0.05) is 42.5 Å². The summed E-state index contributed by atoms with van der Waals surface area (Å²) in [5.41, 5.74) is 0.379. The van der Waals surface area contributed by atoms with Gasteiger partial charge in [0.25, 0.3) is 5.69 Å². The van der Waals surface area contributed by atoms with E-state index in [0.717, 1.165) is 12.1 Å². The SMILES string of the molecule is O=C(CCc1ccc(NC(=O)C(F)(F)F)c([N+](=O)[O-])c1)N(c1ccccc1)c1ccccc1. The standard InChI is InChI=1S/C23H18F3N3O4/c24-23(25,26)22(31)27-19-13-11-16(15-20(19)29(32)33)12-14-21(30)28(17-7-3-1-4-8-17)18-9-5-2-6-10-18/h1-11,13,15H,12,14H2,(H,27,31). The summed E-state index contributed by atoms with van der Waals surface area (Å²) in [4.78, 5) is 36.2. The largest absolute Gasteiger partial charge is 0.471 e. The molecule has 170 valence electrons. The van der Waals surface area contributed by atoms with Gasteiger partial charge in [0.2, 0.25) is 5.91 Å². The van der Waals surface area contributed by atoms with Crippen LogP contribution < -0.4 is 10.2 Å². The minimum absolute atomic E-state index is 0.0187. The van der Waals surface area contributed by atoms with Crippen LogP contribution in [0.1, 0.15) is 12.0 Å². The number of anilines is 3. The summed E-state index contributed by atoms with van der Waals surface area (Å²) < 4.78 is 37.5. The number of aryl methyl sites for hydroxylation is 1. The number of carbonyl (C=O) groups is 2. The molecular weight excluding hydrogens is 439 g/mol. The van der Waals surface area contributed by atoms with Crippen molar-refractivity contribution in [3.05, 3.63) is 94.5 Å². The Morgan fingerprint density at radius 2 is 1.45 bits per heavy atom. The minimum atomic E-state index is -5.18. The molecule has 10 heteroatoms. The molecule has 0 saturated heterocycles. The molecule has 0 saturated carbocycles. The lowest BCUT2D eigenvalue weighted by atomic mass is 10.1. The van der Waals surface area contributed by atoms with Gasteiger partial charge in [0.15, 0.2) is 0 Å². The van der Waals surface area contributed by atoms with E-state index in [-0.39, 0.29) is 18.7 Å². The van der Waals surface area contributed by atoms with Crippen LogP contribution in [-0.2, 0) is 16.0 Å². The summed E-state index contributed by atoms with van der Waals surface area (Å²) >= 11 is 0. The number of benzene rings is 3. The molecule has 0 aliphatic heterocycles. The van der Waals surface area contributed by atoms with Gasteiger partial charge in [-0.15, -0.1) is 0 Å². The fraction of sp³-hybridized carbons (Fsp3) is 0.130. The molecule has 3 aromatic carbocycles. The Bertz CT molecular complexity index is 1110. The van der Waals surface area contributed by atoms with Gasteiger partial charge in [0.1, 0.15) is 5.69 Å². The highest BCUT2D eigenvalue weighted by Gasteiger charge is 2.39. The van der Waals surface area contributed by atoms with Crippen LogP contribution in [0, 0.1) is 10.1 Å². The van der Waals surface area contributed by atoms with Crippen LogP contribution in [0.15, 0.2) is 78.9 Å². The fourth-order valence-electron chi connectivity index (χ4n) is 3.14. The molecule has 0 radical (unpaired) electrons. The second-order valence-electron chi connectivity index (χ2n) is 6.96. The number of nitrogens with one attached hydrogen (secondary N) is 1. The molecule has 0 atom stereocenters. The normalized spacial score (nSPS) is 11.0. The molecule has 33 heavy (non-hydrogen) atoms. The van der Waals surface area contributed by atoms with Crippen molar-refractivity contribution < 1.29 is 27.7 Å². The Kier molecular flexibility index (Phi) is 7.07. The maximum absolute atomic E-state index is 13.1. The first-order valence-corrected chi connectivity index (χ1v) is 9.75. The molecular formula is C23H18F3N3O4. The molecule has 0 aliphatic carbocycles. The van der Waals surface area contributed by atoms with Gasteiger partial charge in [0.05, 0.1) is 4.92 Å². The van der Waals surface area contributed by atoms with Crippen molar-refractivity contribution in [2.24, 2.45) is 0 Å². The molecule has 0 heterocycles. The molecule has 7 nitrogen and oxygen atoms in total. The predicted octanol–water partition coefficient (Wildman–Crippen LogP) is 5.39. The molecule has 0 bridgehead atoms. The summed E-state index contributed by atoms with van der Waals surface area (Å²) in [5.74, 6) is -2.58. The molecule has 0 aromatic heterocycles. The van der Waals surface area contributed by atoms with E-state index in [2.05, 4.69) is 0 Å². The zero-order chi connectivity index (χ0) is 24.0. The number of nitrogens with zero attached hydrogens (tertiary/aromatic N) is 2. The van der Waals surface area contributed by atoms with E-state index in [9.17, 15) is 32.9 Å². The quantitative estimate of drug-likeness (QED) is 0.380. The third-order valence-electron chi connectivity index (χ3n) is 4.67. The first-order chi connectivity index (χ1) is 15.7. The number of alkyl halides is 3. The maximum Gasteiger partial charge on any atom is 0.471 e. The van der Waals surface area contributed by atoms with E-state index < -0.39 is 28.4 Å². The lowest BCUT2D eigenvalue weighted by molar-refractivity contribution is -0.384. The lowest BCUT2D eigenvalue weighted by Crippen LogP contribution is -2.30. The van der Waals surface area contributed by atoms with E-state index in [1.807, 2.05) is 12.1 Å². The van der Waals surface area contributed by atoms with Gasteiger partial charge in [-0.2, -0.15) is 13.2 Å². The number of hydrogen-bond acceptors (Lipinski definition) is 4. The van der Waals surface area contributed by atoms with Crippen molar-refractivity contribution in [1.82, 2.24) is 0 Å². The average molecular weight is 457 g/mol. The minimum Gasteiger partial charge on any atom is -0.312 e. The first-order valence-electron chi connectivity index (χ1n) is 9.75. The van der Waals surface area contributed by atoms with Crippen LogP contribution in [0.5, 0.6) is 0 Å². The van der Waals surface area contributed by atoms with Gasteiger partial charge < -0.3 is 5.32 Å². The summed E-state index contributed by atoms with van der Waals surface area (Å²) in [5, 5.41) is 12.8. The van der Waals surface area contributed by atoms with Crippen LogP contribution >= 0.6 is 0 Å². The Labute approximate surface area is 186 Å². The number of para-hydroxylation sites is 2. The van der Waals surface area contributed by atoms with Crippen molar-refractivity contribution >= 4 is 34.6 Å². The van der Waals surface area contributed by atoms with Gasteiger partial charge in [-0.25, -0.2) is 0 Å². The number of nitro groups is 1. The van der Waals surface area contributed by atoms with E-state index >= 15 is 0 Å². The molecule has 0 unspecified atom stereocenters. The van der Waals surface area contributed by atoms with Crippen molar-refractivity contribution in [1.29, 1.82) is 0 Å². The molecule has 1 N–H and O–H groups in total. The number of rotatable bonds is 7. The third-order valence-corrected chi connectivity index (χ3v) is 4.67. The molecule has 3 rings (SSSR count). The van der Waals surface area contributed by atoms with Gasteiger partial charge in [0, 0.05) is 23.9 Å². The highest BCUT2D eigenvalue weighted by atomic mass is 19.4. The van der Waals surface area contributed by atoms with Gasteiger partial charge in [-0.3, -0.25) is 24.6 Å². The third kappa shape index (κ3) is 5.94. The van der Waals surface area contributed by atoms with E-state index in [1.54, 1.807) is 48.5 Å². The number of hydrogen-bond donors (Lipinski definition) is 1. The van der Waals surface area contributed by atoms with Crippen molar-refractivity contribution in [2.75, 3.05) is 10.2 Å². The second kappa shape index (κ2) is 9.94. The maximum atomic E-state index is 13.1. The van der Waals surface area contributed by atoms with Crippen LogP contribution in [0.4, 0.5) is 35.9 Å². The Hall–Kier alpha value is -4.21. The second-order valence-corrected chi connectivity index (χ2v) is 6.96. The van der Waals surface area contributed by atoms with Gasteiger partial charge >= 0.3 is 12.1 Å². The molecule has 0 aliphatic rings. The smallest absolute Gasteiger partial charge is 0.312 e. The summed E-state index contributed by atoms with van der Waals surface area (Å²) in [6, 6.07) is 21.3. The topological polar surface area (TPSA) is 92.5 Å². The molecule has 2 amide bonds. The number of carbonyl (C=O) groups excluding carboxylic acids is 2. The van der Waals surface area contributed by atoms with Crippen molar-refractivity contribution in [2.45, 2.75) is 19.0 Å². The average Bonchev–Trinajstić information content (AvgIpc) is 2.79. The van der Waals surface area contributed by atoms with Crippen molar-refractivity contribution in [3.8, 4) is 0 Å². The van der Waals surface area contributed by atoms with E-state index in [1.165, 1.54) is 16.3 Å². The Morgan fingerprint density at radius 1 is 0.909 bits per heavy atom. The Morgan fingerprint density at radius 3 is 1.94 bits per heavy atom. The Balaban J connectivity index is 1.80. The first kappa shape index (κ1) is 23.5.